The predicted octanol–water partition coefficient (Wildman–Crippen LogP) is 6.24. The van der Waals surface area contributed by atoms with E-state index in [2.05, 4.69) is 16.8 Å². The van der Waals surface area contributed by atoms with Crippen molar-refractivity contribution in [3.63, 3.8) is 0 Å². The number of terminal acetylenes is 2. The molecule has 1 saturated carbocycles. The summed E-state index contributed by atoms with van der Waals surface area (Å²) in [5.74, 6) is 3.53. The SMILES string of the molecule is C#CCCCC(=O)OCc1cnc(C)c(OC(=O)CCCC=CC[C@@H]2[C@@H](CC[C@@H](O)CCc3ccccc3)[C@H](O)C[C@@H]2O)c1COC(=O)CCCC#C. The highest BCUT2D eigenvalue weighted by molar-refractivity contribution is 5.74. The Morgan fingerprint density at radius 3 is 2.21 bits per heavy atom. The van der Waals surface area contributed by atoms with Crippen molar-refractivity contribution in [1.82, 2.24) is 4.98 Å². The molecule has 10 nitrogen and oxygen atoms in total. The highest BCUT2D eigenvalue weighted by Gasteiger charge is 2.40. The quantitative estimate of drug-likeness (QED) is 0.0519. The highest BCUT2D eigenvalue weighted by Crippen LogP contribution is 2.38. The van der Waals surface area contributed by atoms with Gasteiger partial charge in [-0.15, -0.1) is 24.7 Å². The molecule has 0 bridgehead atoms. The van der Waals surface area contributed by atoms with Gasteiger partial charge in [0, 0.05) is 49.4 Å². The second-order valence-corrected chi connectivity index (χ2v) is 13.6. The molecule has 1 aromatic carbocycles. The Morgan fingerprint density at radius 1 is 0.887 bits per heavy atom. The lowest BCUT2D eigenvalue weighted by atomic mass is 9.85. The van der Waals surface area contributed by atoms with Crippen LogP contribution in [0.1, 0.15) is 112 Å². The van der Waals surface area contributed by atoms with Crippen molar-refractivity contribution in [3.05, 3.63) is 71.1 Å². The van der Waals surface area contributed by atoms with E-state index in [1.165, 1.54) is 11.8 Å². The molecule has 1 aliphatic rings. The van der Waals surface area contributed by atoms with Gasteiger partial charge in [-0.3, -0.25) is 19.4 Å². The molecule has 53 heavy (non-hydrogen) atoms. The van der Waals surface area contributed by atoms with Gasteiger partial charge in [0.1, 0.15) is 13.2 Å². The van der Waals surface area contributed by atoms with Crippen molar-refractivity contribution in [3.8, 4) is 30.4 Å². The van der Waals surface area contributed by atoms with E-state index in [1.54, 1.807) is 6.92 Å². The first-order valence-electron chi connectivity index (χ1n) is 18.7. The van der Waals surface area contributed by atoms with Crippen LogP contribution < -0.4 is 4.74 Å². The van der Waals surface area contributed by atoms with E-state index in [9.17, 15) is 29.7 Å². The zero-order chi connectivity index (χ0) is 38.4. The molecule has 10 heteroatoms. The summed E-state index contributed by atoms with van der Waals surface area (Å²) in [4.78, 5) is 41.9. The van der Waals surface area contributed by atoms with Crippen molar-refractivity contribution in [1.29, 1.82) is 0 Å². The lowest BCUT2D eigenvalue weighted by Gasteiger charge is -2.23. The van der Waals surface area contributed by atoms with Crippen molar-refractivity contribution in [2.24, 2.45) is 11.8 Å². The Hall–Kier alpha value is -4.48. The number of carbonyl (C=O) groups is 3. The summed E-state index contributed by atoms with van der Waals surface area (Å²) in [6.07, 6.45) is 21.2. The van der Waals surface area contributed by atoms with Gasteiger partial charge in [0.05, 0.1) is 24.0 Å². The second-order valence-electron chi connectivity index (χ2n) is 13.6. The summed E-state index contributed by atoms with van der Waals surface area (Å²) in [5.41, 5.74) is 2.43. The van der Waals surface area contributed by atoms with E-state index >= 15 is 0 Å². The average molecular weight is 730 g/mol. The predicted molar refractivity (Wildman–Crippen MR) is 201 cm³/mol. The molecule has 0 aliphatic heterocycles. The fourth-order valence-corrected chi connectivity index (χ4v) is 6.53. The van der Waals surface area contributed by atoms with E-state index in [1.807, 2.05) is 42.5 Å². The summed E-state index contributed by atoms with van der Waals surface area (Å²) >= 11 is 0. The number of aryl methyl sites for hydroxylation is 2. The molecular weight excluding hydrogens is 674 g/mol. The van der Waals surface area contributed by atoms with E-state index in [0.29, 0.717) is 87.4 Å². The molecule has 3 N–H and O–H groups in total. The van der Waals surface area contributed by atoms with Gasteiger partial charge in [-0.2, -0.15) is 0 Å². The Kier molecular flexibility index (Phi) is 19.4. The number of allylic oxidation sites excluding steroid dienone is 2. The number of carbonyl (C=O) groups excluding carboxylic acids is 3. The van der Waals surface area contributed by atoms with Gasteiger partial charge in [-0.25, -0.2) is 0 Å². The molecule has 1 aliphatic carbocycles. The van der Waals surface area contributed by atoms with Gasteiger partial charge >= 0.3 is 17.9 Å². The minimum Gasteiger partial charge on any atom is -0.461 e. The Labute approximate surface area is 314 Å². The lowest BCUT2D eigenvalue weighted by molar-refractivity contribution is -0.146. The number of nitrogens with zero attached hydrogens (tertiary/aromatic N) is 1. The van der Waals surface area contributed by atoms with Crippen LogP contribution >= 0.6 is 0 Å². The topological polar surface area (TPSA) is 152 Å². The molecule has 0 saturated heterocycles. The number of aliphatic hydroxyl groups is 3. The first kappa shape index (κ1) is 42.9. The lowest BCUT2D eigenvalue weighted by Crippen LogP contribution is -2.23. The zero-order valence-corrected chi connectivity index (χ0v) is 30.9. The smallest absolute Gasteiger partial charge is 0.311 e. The Balaban J connectivity index is 1.52. The molecule has 0 unspecified atom stereocenters. The number of aromatic nitrogens is 1. The highest BCUT2D eigenvalue weighted by atomic mass is 16.5. The van der Waals surface area contributed by atoms with Crippen LogP contribution in [0, 0.1) is 43.4 Å². The number of ether oxygens (including phenoxy) is 3. The Morgan fingerprint density at radius 2 is 1.53 bits per heavy atom. The Bertz CT molecular complexity index is 1560. The van der Waals surface area contributed by atoms with Crippen LogP contribution in [0.3, 0.4) is 0 Å². The van der Waals surface area contributed by atoms with Crippen LogP contribution in [0.2, 0.25) is 0 Å². The van der Waals surface area contributed by atoms with Crippen molar-refractivity contribution >= 4 is 17.9 Å². The average Bonchev–Trinajstić information content (AvgIpc) is 3.42. The number of esters is 3. The van der Waals surface area contributed by atoms with Gasteiger partial charge in [0.2, 0.25) is 0 Å². The third-order valence-corrected chi connectivity index (χ3v) is 9.58. The summed E-state index contributed by atoms with van der Waals surface area (Å²) in [7, 11) is 0. The van der Waals surface area contributed by atoms with Gasteiger partial charge < -0.3 is 29.5 Å². The van der Waals surface area contributed by atoms with Crippen LogP contribution in [0.25, 0.3) is 0 Å². The van der Waals surface area contributed by atoms with Crippen molar-refractivity contribution in [2.45, 2.75) is 135 Å². The standard InChI is InChI=1S/C43H55NO9/c1-4-6-11-20-40(48)51-29-33-28-44-31(3)43(37(33)30-52-41(49)21-12-7-5-2)53-42(50)22-16-9-8-15-19-35-36(39(47)27-38(35)46)26-25-34(45)24-23-32-17-13-10-14-18-32/h1-2,8,10,13-15,17-18,28,34-36,38-39,45-47H,6-7,9,11-12,16,19-27,29-30H2,3H3/t34-,35+,36+,38-,39+/m0/s1. The van der Waals surface area contributed by atoms with Crippen LogP contribution in [0.4, 0.5) is 0 Å². The number of hydrogen-bond acceptors (Lipinski definition) is 10. The zero-order valence-electron chi connectivity index (χ0n) is 30.9. The van der Waals surface area contributed by atoms with Gasteiger partial charge in [0.25, 0.3) is 0 Å². The number of pyridine rings is 1. The molecule has 2 aromatic rings. The van der Waals surface area contributed by atoms with E-state index in [0.717, 1.165) is 6.42 Å². The maximum absolute atomic E-state index is 13.0. The number of rotatable bonds is 23. The van der Waals surface area contributed by atoms with Crippen LogP contribution in [-0.2, 0) is 43.5 Å². The fraction of sp³-hybridized carbons (Fsp3) is 0.535. The summed E-state index contributed by atoms with van der Waals surface area (Å²) in [6, 6.07) is 10.0. The molecule has 286 valence electrons. The molecule has 0 amide bonds. The van der Waals surface area contributed by atoms with Crippen molar-refractivity contribution in [2.75, 3.05) is 0 Å². The van der Waals surface area contributed by atoms with E-state index < -0.39 is 36.2 Å². The molecule has 0 radical (unpaired) electrons. The first-order chi connectivity index (χ1) is 25.6. The molecule has 1 heterocycles. The summed E-state index contributed by atoms with van der Waals surface area (Å²) in [5, 5.41) is 31.9. The minimum atomic E-state index is -0.614. The molecule has 1 fully saturated rings. The first-order valence-corrected chi connectivity index (χ1v) is 18.7. The molecule has 1 aromatic heterocycles. The van der Waals surface area contributed by atoms with E-state index in [4.69, 9.17) is 27.1 Å². The summed E-state index contributed by atoms with van der Waals surface area (Å²) in [6.45, 7) is 1.32. The largest absolute Gasteiger partial charge is 0.461 e. The van der Waals surface area contributed by atoms with Crippen LogP contribution in [0.15, 0.2) is 48.7 Å². The molecule has 5 atom stereocenters. The second kappa shape index (κ2) is 24.0. The van der Waals surface area contributed by atoms with Gasteiger partial charge in [0.15, 0.2) is 5.75 Å². The summed E-state index contributed by atoms with van der Waals surface area (Å²) < 4.78 is 16.7. The molecule has 3 rings (SSSR count). The maximum Gasteiger partial charge on any atom is 0.311 e. The van der Waals surface area contributed by atoms with Crippen LogP contribution in [0.5, 0.6) is 5.75 Å². The monoisotopic (exact) mass is 729 g/mol. The number of benzene rings is 1. The van der Waals surface area contributed by atoms with Gasteiger partial charge in [-0.05, 0) is 88.5 Å². The maximum atomic E-state index is 13.0. The van der Waals surface area contributed by atoms with Crippen LogP contribution in [-0.4, -0.2) is 56.5 Å². The third-order valence-electron chi connectivity index (χ3n) is 9.58. The van der Waals surface area contributed by atoms with E-state index in [-0.39, 0.29) is 50.1 Å². The molecule has 0 spiro atoms. The minimum absolute atomic E-state index is 0.1000. The molecular formula is C43H55NO9. The number of aliphatic hydroxyl groups excluding tert-OH is 3. The van der Waals surface area contributed by atoms with Gasteiger partial charge in [-0.1, -0.05) is 42.5 Å². The van der Waals surface area contributed by atoms with Crippen molar-refractivity contribution < 1.29 is 43.9 Å². The number of unbranched alkanes of at least 4 members (excludes halogenated alkanes) is 3. The fourth-order valence-electron chi connectivity index (χ4n) is 6.53. The number of hydrogen-bond donors (Lipinski definition) is 3. The third kappa shape index (κ3) is 15.6. The normalized spacial score (nSPS) is 18.6.